The second-order valence-corrected chi connectivity index (χ2v) is 5.30. The molecule has 2 aromatic rings. The topological polar surface area (TPSA) is 28.2 Å². The molecular weight excluding hydrogens is 230 g/mol. The Hall–Kier alpha value is -1.13. The maximum atomic E-state index is 4.48. The van der Waals surface area contributed by atoms with Crippen LogP contribution in [0.4, 0.5) is 5.00 Å². The van der Waals surface area contributed by atoms with Crippen molar-refractivity contribution in [2.24, 2.45) is 5.92 Å². The van der Waals surface area contributed by atoms with Gasteiger partial charge >= 0.3 is 0 Å². The zero-order valence-electron chi connectivity index (χ0n) is 10.6. The molecule has 1 N–H and O–H groups in total. The second kappa shape index (κ2) is 5.47. The summed E-state index contributed by atoms with van der Waals surface area (Å²) in [4.78, 5) is 2.31. The first-order valence-electron chi connectivity index (χ1n) is 5.92. The van der Waals surface area contributed by atoms with E-state index in [-0.39, 0.29) is 0 Å². The summed E-state index contributed by atoms with van der Waals surface area (Å²) in [7, 11) is 4.14. The SMILES string of the molecule is CNCC(C)CN(C)c1snc2ccccc12. The van der Waals surface area contributed by atoms with E-state index in [1.54, 1.807) is 11.5 Å². The number of nitrogens with zero attached hydrogens (tertiary/aromatic N) is 2. The molecule has 1 heterocycles. The van der Waals surface area contributed by atoms with Crippen LogP contribution in [0.15, 0.2) is 24.3 Å². The van der Waals surface area contributed by atoms with Gasteiger partial charge in [-0.15, -0.1) is 0 Å². The summed E-state index contributed by atoms with van der Waals surface area (Å²) in [6.07, 6.45) is 0. The number of nitrogens with one attached hydrogen (secondary N) is 1. The molecule has 0 saturated carbocycles. The lowest BCUT2D eigenvalue weighted by molar-refractivity contribution is 0.544. The van der Waals surface area contributed by atoms with Crippen molar-refractivity contribution < 1.29 is 0 Å². The Kier molecular flexibility index (Phi) is 3.97. The largest absolute Gasteiger partial charge is 0.364 e. The van der Waals surface area contributed by atoms with Crippen molar-refractivity contribution in [1.82, 2.24) is 9.69 Å². The van der Waals surface area contributed by atoms with Gasteiger partial charge in [0.15, 0.2) is 0 Å². The van der Waals surface area contributed by atoms with Crippen molar-refractivity contribution in [3.05, 3.63) is 24.3 Å². The van der Waals surface area contributed by atoms with Crippen LogP contribution in [0, 0.1) is 5.92 Å². The summed E-state index contributed by atoms with van der Waals surface area (Å²) >= 11 is 1.59. The van der Waals surface area contributed by atoms with Crippen LogP contribution < -0.4 is 10.2 Å². The minimum Gasteiger partial charge on any atom is -0.364 e. The van der Waals surface area contributed by atoms with Crippen LogP contribution >= 0.6 is 11.5 Å². The van der Waals surface area contributed by atoms with Crippen LogP contribution in [-0.2, 0) is 0 Å². The predicted molar refractivity (Wildman–Crippen MR) is 76.0 cm³/mol. The van der Waals surface area contributed by atoms with Gasteiger partial charge in [-0.3, -0.25) is 0 Å². The fraction of sp³-hybridized carbons (Fsp3) is 0.462. The molecule has 2 rings (SSSR count). The molecule has 1 aromatic heterocycles. The van der Waals surface area contributed by atoms with Crippen molar-refractivity contribution in [3.63, 3.8) is 0 Å². The highest BCUT2D eigenvalue weighted by atomic mass is 32.1. The molecule has 1 atom stereocenters. The van der Waals surface area contributed by atoms with E-state index in [2.05, 4.69) is 46.8 Å². The third-order valence-corrected chi connectivity index (χ3v) is 3.84. The minimum atomic E-state index is 0.630. The molecule has 0 aliphatic rings. The third-order valence-electron chi connectivity index (χ3n) is 2.85. The van der Waals surface area contributed by atoms with Crippen LogP contribution in [0.1, 0.15) is 6.92 Å². The normalized spacial score (nSPS) is 12.9. The van der Waals surface area contributed by atoms with Gasteiger partial charge in [-0.1, -0.05) is 19.1 Å². The van der Waals surface area contributed by atoms with Crippen molar-refractivity contribution in [2.75, 3.05) is 32.1 Å². The van der Waals surface area contributed by atoms with Crippen LogP contribution in [-0.4, -0.2) is 31.6 Å². The van der Waals surface area contributed by atoms with E-state index in [0.29, 0.717) is 5.92 Å². The van der Waals surface area contributed by atoms with E-state index in [9.17, 15) is 0 Å². The minimum absolute atomic E-state index is 0.630. The van der Waals surface area contributed by atoms with Crippen molar-refractivity contribution in [1.29, 1.82) is 0 Å². The molecule has 0 bridgehead atoms. The molecule has 4 heteroatoms. The van der Waals surface area contributed by atoms with E-state index in [1.165, 1.54) is 10.4 Å². The molecule has 0 fully saturated rings. The summed E-state index contributed by atoms with van der Waals surface area (Å²) < 4.78 is 4.48. The second-order valence-electron chi connectivity index (χ2n) is 4.55. The predicted octanol–water partition coefficient (Wildman–Crippen LogP) is 2.59. The van der Waals surface area contributed by atoms with Crippen LogP contribution in [0.2, 0.25) is 0 Å². The lowest BCUT2D eigenvalue weighted by atomic mass is 10.1. The summed E-state index contributed by atoms with van der Waals surface area (Å²) in [5.41, 5.74) is 1.10. The molecule has 92 valence electrons. The molecular formula is C13H19N3S. The van der Waals surface area contributed by atoms with Crippen LogP contribution in [0.25, 0.3) is 10.9 Å². The van der Waals surface area contributed by atoms with E-state index in [4.69, 9.17) is 0 Å². The Morgan fingerprint density at radius 1 is 1.41 bits per heavy atom. The highest BCUT2D eigenvalue weighted by Crippen LogP contribution is 2.30. The van der Waals surface area contributed by atoms with Gasteiger partial charge in [0.1, 0.15) is 5.00 Å². The lowest BCUT2D eigenvalue weighted by Gasteiger charge is -2.21. The first kappa shape index (κ1) is 12.3. The number of rotatable bonds is 5. The summed E-state index contributed by atoms with van der Waals surface area (Å²) in [6.45, 7) is 4.35. The van der Waals surface area contributed by atoms with Gasteiger partial charge in [0, 0.05) is 19.0 Å². The molecule has 1 aromatic carbocycles. The van der Waals surface area contributed by atoms with E-state index >= 15 is 0 Å². The molecule has 0 radical (unpaired) electrons. The third kappa shape index (κ3) is 2.76. The highest BCUT2D eigenvalue weighted by Gasteiger charge is 2.12. The number of aromatic nitrogens is 1. The number of hydrogen-bond acceptors (Lipinski definition) is 4. The summed E-state index contributed by atoms with van der Waals surface area (Å²) in [5.74, 6) is 0.630. The average Bonchev–Trinajstić information content (AvgIpc) is 2.72. The van der Waals surface area contributed by atoms with Gasteiger partial charge in [-0.05, 0) is 43.2 Å². The van der Waals surface area contributed by atoms with Gasteiger partial charge in [-0.25, -0.2) is 0 Å². The fourth-order valence-electron chi connectivity index (χ4n) is 2.11. The quantitative estimate of drug-likeness (QED) is 0.883. The molecule has 0 saturated heterocycles. The molecule has 0 aliphatic carbocycles. The van der Waals surface area contributed by atoms with Crippen LogP contribution in [0.3, 0.4) is 0 Å². The van der Waals surface area contributed by atoms with Gasteiger partial charge in [0.05, 0.1) is 5.52 Å². The Balaban J connectivity index is 2.16. The Morgan fingerprint density at radius 2 is 2.18 bits per heavy atom. The zero-order chi connectivity index (χ0) is 12.3. The highest BCUT2D eigenvalue weighted by molar-refractivity contribution is 7.11. The van der Waals surface area contributed by atoms with Crippen molar-refractivity contribution >= 4 is 27.4 Å². The van der Waals surface area contributed by atoms with Gasteiger partial charge in [-0.2, -0.15) is 4.37 Å². The van der Waals surface area contributed by atoms with E-state index in [0.717, 1.165) is 18.6 Å². The van der Waals surface area contributed by atoms with Crippen molar-refractivity contribution in [2.45, 2.75) is 6.92 Å². The number of anilines is 1. The Morgan fingerprint density at radius 3 is 2.94 bits per heavy atom. The molecule has 17 heavy (non-hydrogen) atoms. The Bertz CT molecular complexity index is 480. The zero-order valence-corrected chi connectivity index (χ0v) is 11.4. The van der Waals surface area contributed by atoms with Crippen LogP contribution in [0.5, 0.6) is 0 Å². The Labute approximate surface area is 107 Å². The number of benzene rings is 1. The number of fused-ring (bicyclic) bond motifs is 1. The maximum absolute atomic E-state index is 4.48. The first-order chi connectivity index (χ1) is 8.22. The van der Waals surface area contributed by atoms with Gasteiger partial charge < -0.3 is 10.2 Å². The number of hydrogen-bond donors (Lipinski definition) is 1. The molecule has 0 amide bonds. The molecule has 1 unspecified atom stereocenters. The average molecular weight is 249 g/mol. The van der Waals surface area contributed by atoms with Gasteiger partial charge in [0.2, 0.25) is 0 Å². The van der Waals surface area contributed by atoms with E-state index < -0.39 is 0 Å². The molecule has 0 aliphatic heterocycles. The molecule has 0 spiro atoms. The monoisotopic (exact) mass is 249 g/mol. The summed E-state index contributed by atoms with van der Waals surface area (Å²) in [6, 6.07) is 8.33. The fourth-order valence-corrected chi connectivity index (χ4v) is 2.94. The lowest BCUT2D eigenvalue weighted by Crippen LogP contribution is -2.29. The molecule has 3 nitrogen and oxygen atoms in total. The van der Waals surface area contributed by atoms with Gasteiger partial charge in [0.25, 0.3) is 0 Å². The van der Waals surface area contributed by atoms with Crippen molar-refractivity contribution in [3.8, 4) is 0 Å². The first-order valence-corrected chi connectivity index (χ1v) is 6.70. The summed E-state index contributed by atoms with van der Waals surface area (Å²) in [5, 5.41) is 5.74. The van der Waals surface area contributed by atoms with E-state index in [1.807, 2.05) is 13.1 Å². The smallest absolute Gasteiger partial charge is 0.119 e. The standard InChI is InChI=1S/C13H19N3S/c1-10(8-14-2)9-16(3)13-11-6-4-5-7-12(11)15-17-13/h4-7,10,14H,8-9H2,1-3H3. The maximum Gasteiger partial charge on any atom is 0.119 e.